The second-order valence-corrected chi connectivity index (χ2v) is 6.41. The summed E-state index contributed by atoms with van der Waals surface area (Å²) in [7, 11) is 0. The Morgan fingerprint density at radius 3 is 2.85 bits per heavy atom. The van der Waals surface area contributed by atoms with Crippen molar-refractivity contribution >= 4 is 11.7 Å². The summed E-state index contributed by atoms with van der Waals surface area (Å²) in [6.07, 6.45) is 6.22. The fourth-order valence-corrected chi connectivity index (χ4v) is 3.79. The number of anilines is 1. The second kappa shape index (κ2) is 4.40. The molecule has 1 N–H and O–H groups in total. The zero-order valence-electron chi connectivity index (χ0n) is 11.7. The van der Waals surface area contributed by atoms with Crippen LogP contribution in [0.4, 0.5) is 10.5 Å². The van der Waals surface area contributed by atoms with Crippen LogP contribution in [0.1, 0.15) is 31.2 Å². The molecule has 2 heterocycles. The van der Waals surface area contributed by atoms with E-state index in [1.165, 1.54) is 31.2 Å². The standard InChI is InChI=1S/C16H20N2O2/c19-15(18-10-16(11-18)6-1-2-7-16)17-13-4-3-12-5-8-20-14(12)9-13/h3-4,9H,1-2,5-8,10-11H2,(H,17,19). The van der Waals surface area contributed by atoms with Gasteiger partial charge >= 0.3 is 6.03 Å². The van der Waals surface area contributed by atoms with Crippen LogP contribution in [0.3, 0.4) is 0 Å². The quantitative estimate of drug-likeness (QED) is 0.853. The van der Waals surface area contributed by atoms with Crippen LogP contribution in [0.5, 0.6) is 5.75 Å². The zero-order chi connectivity index (χ0) is 13.6. The number of nitrogens with one attached hydrogen (secondary N) is 1. The molecule has 2 fully saturated rings. The van der Waals surface area contributed by atoms with Crippen LogP contribution in [0.2, 0.25) is 0 Å². The predicted octanol–water partition coefficient (Wildman–Crippen LogP) is 3.03. The largest absolute Gasteiger partial charge is 0.493 e. The average molecular weight is 272 g/mol. The number of amides is 2. The molecule has 20 heavy (non-hydrogen) atoms. The van der Waals surface area contributed by atoms with E-state index in [-0.39, 0.29) is 6.03 Å². The fourth-order valence-electron chi connectivity index (χ4n) is 3.79. The number of fused-ring (bicyclic) bond motifs is 1. The molecule has 0 atom stereocenters. The van der Waals surface area contributed by atoms with E-state index in [0.29, 0.717) is 5.41 Å². The van der Waals surface area contributed by atoms with Gasteiger partial charge in [0.2, 0.25) is 0 Å². The monoisotopic (exact) mass is 272 g/mol. The lowest BCUT2D eigenvalue weighted by molar-refractivity contribution is 0.0430. The Labute approximate surface area is 119 Å². The van der Waals surface area contributed by atoms with Gasteiger partial charge in [0, 0.05) is 36.7 Å². The van der Waals surface area contributed by atoms with Crippen LogP contribution in [0, 0.1) is 5.41 Å². The summed E-state index contributed by atoms with van der Waals surface area (Å²) < 4.78 is 5.53. The number of hydrogen-bond donors (Lipinski definition) is 1. The molecule has 1 aromatic carbocycles. The van der Waals surface area contributed by atoms with Gasteiger partial charge in [0.1, 0.15) is 5.75 Å². The van der Waals surface area contributed by atoms with Crippen LogP contribution >= 0.6 is 0 Å². The number of urea groups is 1. The molecule has 2 aliphatic heterocycles. The Morgan fingerprint density at radius 2 is 2.05 bits per heavy atom. The molecule has 1 saturated heterocycles. The maximum atomic E-state index is 12.2. The summed E-state index contributed by atoms with van der Waals surface area (Å²) in [5.41, 5.74) is 2.53. The van der Waals surface area contributed by atoms with Crippen molar-refractivity contribution in [3.8, 4) is 5.75 Å². The van der Waals surface area contributed by atoms with Crippen molar-refractivity contribution in [3.05, 3.63) is 23.8 Å². The minimum absolute atomic E-state index is 0.0282. The highest BCUT2D eigenvalue weighted by atomic mass is 16.5. The maximum Gasteiger partial charge on any atom is 0.321 e. The topological polar surface area (TPSA) is 41.6 Å². The zero-order valence-corrected chi connectivity index (χ0v) is 11.7. The van der Waals surface area contributed by atoms with Gasteiger partial charge in [-0.1, -0.05) is 18.9 Å². The number of nitrogens with zero attached hydrogens (tertiary/aromatic N) is 1. The number of benzene rings is 1. The van der Waals surface area contributed by atoms with Gasteiger partial charge in [0.15, 0.2) is 0 Å². The maximum absolute atomic E-state index is 12.2. The van der Waals surface area contributed by atoms with Crippen molar-refractivity contribution in [2.75, 3.05) is 25.0 Å². The van der Waals surface area contributed by atoms with Crippen molar-refractivity contribution in [1.29, 1.82) is 0 Å². The van der Waals surface area contributed by atoms with Crippen molar-refractivity contribution in [3.63, 3.8) is 0 Å². The number of rotatable bonds is 1. The van der Waals surface area contributed by atoms with Crippen LogP contribution in [0.25, 0.3) is 0 Å². The number of hydrogen-bond acceptors (Lipinski definition) is 2. The molecule has 3 aliphatic rings. The van der Waals surface area contributed by atoms with Gasteiger partial charge in [-0.15, -0.1) is 0 Å². The van der Waals surface area contributed by atoms with Gasteiger partial charge in [-0.05, 0) is 24.5 Å². The SMILES string of the molecule is O=C(Nc1ccc2c(c1)OCC2)N1CC2(CCCC2)C1. The first-order valence-electron chi connectivity index (χ1n) is 7.56. The molecule has 1 spiro atoms. The molecule has 1 aliphatic carbocycles. The number of ether oxygens (including phenoxy) is 1. The second-order valence-electron chi connectivity index (χ2n) is 6.41. The summed E-state index contributed by atoms with van der Waals surface area (Å²) in [6.45, 7) is 2.61. The third-order valence-corrected chi connectivity index (χ3v) is 4.95. The highest BCUT2D eigenvalue weighted by Crippen LogP contribution is 2.45. The van der Waals surface area contributed by atoms with Crippen molar-refractivity contribution in [2.45, 2.75) is 32.1 Å². The van der Waals surface area contributed by atoms with Crippen LogP contribution in [-0.2, 0) is 6.42 Å². The summed E-state index contributed by atoms with van der Waals surface area (Å²) in [5, 5.41) is 2.99. The molecule has 1 saturated carbocycles. The first-order valence-corrected chi connectivity index (χ1v) is 7.56. The lowest BCUT2D eigenvalue weighted by Gasteiger charge is -2.48. The lowest BCUT2D eigenvalue weighted by Crippen LogP contribution is -2.58. The summed E-state index contributed by atoms with van der Waals surface area (Å²) in [4.78, 5) is 14.1. The summed E-state index contributed by atoms with van der Waals surface area (Å²) in [5.74, 6) is 0.915. The third-order valence-electron chi connectivity index (χ3n) is 4.95. The highest BCUT2D eigenvalue weighted by molar-refractivity contribution is 5.90. The van der Waals surface area contributed by atoms with E-state index in [2.05, 4.69) is 5.32 Å². The Morgan fingerprint density at radius 1 is 1.25 bits per heavy atom. The van der Waals surface area contributed by atoms with E-state index >= 15 is 0 Å². The molecule has 0 bridgehead atoms. The van der Waals surface area contributed by atoms with Crippen LogP contribution in [0.15, 0.2) is 18.2 Å². The van der Waals surface area contributed by atoms with Gasteiger partial charge < -0.3 is 15.0 Å². The smallest absolute Gasteiger partial charge is 0.321 e. The molecule has 4 nitrogen and oxygen atoms in total. The molecule has 106 valence electrons. The van der Waals surface area contributed by atoms with Crippen molar-refractivity contribution in [2.24, 2.45) is 5.41 Å². The van der Waals surface area contributed by atoms with E-state index < -0.39 is 0 Å². The normalized spacial score (nSPS) is 22.3. The van der Waals surface area contributed by atoms with Gasteiger partial charge in [0.25, 0.3) is 0 Å². The van der Waals surface area contributed by atoms with E-state index in [9.17, 15) is 4.79 Å². The van der Waals surface area contributed by atoms with Gasteiger partial charge in [-0.2, -0.15) is 0 Å². The molecule has 0 radical (unpaired) electrons. The summed E-state index contributed by atoms with van der Waals surface area (Å²) in [6, 6.07) is 5.98. The Balaban J connectivity index is 1.39. The van der Waals surface area contributed by atoms with Gasteiger partial charge in [-0.3, -0.25) is 0 Å². The molecule has 4 heteroatoms. The van der Waals surface area contributed by atoms with Gasteiger partial charge in [0.05, 0.1) is 6.61 Å². The molecular formula is C16H20N2O2. The molecule has 0 unspecified atom stereocenters. The third kappa shape index (κ3) is 1.94. The number of carbonyl (C=O) groups is 1. The first-order chi connectivity index (χ1) is 9.74. The summed E-state index contributed by atoms with van der Waals surface area (Å²) >= 11 is 0. The molecule has 1 aromatic rings. The van der Waals surface area contributed by atoms with Crippen LogP contribution in [-0.4, -0.2) is 30.6 Å². The Kier molecular flexibility index (Phi) is 2.65. The first kappa shape index (κ1) is 12.1. The molecule has 0 aromatic heterocycles. The molecular weight excluding hydrogens is 252 g/mol. The van der Waals surface area contributed by atoms with E-state index in [0.717, 1.165) is 37.6 Å². The fraction of sp³-hybridized carbons (Fsp3) is 0.562. The van der Waals surface area contributed by atoms with E-state index in [1.54, 1.807) is 0 Å². The minimum atomic E-state index is 0.0282. The van der Waals surface area contributed by atoms with Crippen LogP contribution < -0.4 is 10.1 Å². The minimum Gasteiger partial charge on any atom is -0.493 e. The Bertz CT molecular complexity index is 541. The van der Waals surface area contributed by atoms with Crippen molar-refractivity contribution < 1.29 is 9.53 Å². The van der Waals surface area contributed by atoms with Gasteiger partial charge in [-0.25, -0.2) is 4.79 Å². The average Bonchev–Trinajstić information content (AvgIpc) is 3.05. The molecule has 2 amide bonds. The van der Waals surface area contributed by atoms with E-state index in [1.807, 2.05) is 23.1 Å². The number of likely N-dealkylation sites (tertiary alicyclic amines) is 1. The highest BCUT2D eigenvalue weighted by Gasteiger charge is 2.46. The van der Waals surface area contributed by atoms with Crippen molar-refractivity contribution in [1.82, 2.24) is 4.90 Å². The predicted molar refractivity (Wildman–Crippen MR) is 77.1 cm³/mol. The number of carbonyl (C=O) groups excluding carboxylic acids is 1. The molecule has 4 rings (SSSR count). The lowest BCUT2D eigenvalue weighted by atomic mass is 9.78. The van der Waals surface area contributed by atoms with E-state index in [4.69, 9.17) is 4.74 Å². The Hall–Kier alpha value is -1.71.